The number of para-hydroxylation sites is 1. The molecule has 2 aliphatic heterocycles. The van der Waals surface area contributed by atoms with Crippen molar-refractivity contribution in [3.8, 4) is 5.75 Å². The first-order valence-electron chi connectivity index (χ1n) is 14.9. The third-order valence-corrected chi connectivity index (χ3v) is 7.98. The number of benzene rings is 1. The molecule has 0 unspecified atom stereocenters. The quantitative estimate of drug-likeness (QED) is 0.244. The molecule has 10 nitrogen and oxygen atoms in total. The van der Waals surface area contributed by atoms with Crippen LogP contribution in [0.25, 0.3) is 0 Å². The summed E-state index contributed by atoms with van der Waals surface area (Å²) < 4.78 is 68.5. The van der Waals surface area contributed by atoms with Crippen LogP contribution in [0.3, 0.4) is 0 Å². The number of likely N-dealkylation sites (tertiary alicyclic amines) is 1. The molecule has 0 bridgehead atoms. The summed E-state index contributed by atoms with van der Waals surface area (Å²) in [6.45, 7) is 7.54. The highest BCUT2D eigenvalue weighted by Gasteiger charge is 2.53. The van der Waals surface area contributed by atoms with Crippen molar-refractivity contribution >= 4 is 18.0 Å². The predicted molar refractivity (Wildman–Crippen MR) is 152 cm³/mol. The molecule has 3 fully saturated rings. The SMILES string of the molecule is CCOC(=O)/C=C(/Oc1ccccc1C1CCC(OC[C@@H]2N(C(=O)OC(C)(C)C)CC[C@@]23COCC(=O)N3)CC1)C(F)(F)F. The lowest BCUT2D eigenvalue weighted by Gasteiger charge is -2.41. The topological polar surface area (TPSA) is 113 Å². The second-order valence-electron chi connectivity index (χ2n) is 12.3. The van der Waals surface area contributed by atoms with Gasteiger partial charge in [-0.2, -0.15) is 13.2 Å². The Kier molecular flexibility index (Phi) is 10.5. The Morgan fingerprint density at radius 1 is 1.14 bits per heavy atom. The summed E-state index contributed by atoms with van der Waals surface area (Å²) in [7, 11) is 0. The van der Waals surface area contributed by atoms with Gasteiger partial charge in [-0.15, -0.1) is 0 Å². The third kappa shape index (κ3) is 8.44. The molecule has 4 rings (SSSR count). The van der Waals surface area contributed by atoms with Crippen LogP contribution in [0.5, 0.6) is 5.75 Å². The Balaban J connectivity index is 1.42. The van der Waals surface area contributed by atoms with E-state index in [2.05, 4.69) is 10.1 Å². The van der Waals surface area contributed by atoms with Gasteiger partial charge in [-0.05, 0) is 77.3 Å². The first-order valence-corrected chi connectivity index (χ1v) is 14.9. The highest BCUT2D eigenvalue weighted by Crippen LogP contribution is 2.41. The Labute approximate surface area is 255 Å². The van der Waals surface area contributed by atoms with Gasteiger partial charge in [-0.25, -0.2) is 9.59 Å². The number of nitrogens with zero attached hydrogens (tertiary/aromatic N) is 1. The zero-order valence-corrected chi connectivity index (χ0v) is 25.5. The van der Waals surface area contributed by atoms with Crippen molar-refractivity contribution in [3.05, 3.63) is 41.7 Å². The minimum atomic E-state index is -4.89. The fourth-order valence-electron chi connectivity index (χ4n) is 5.98. The molecule has 1 aromatic carbocycles. The first-order chi connectivity index (χ1) is 20.7. The van der Waals surface area contributed by atoms with E-state index >= 15 is 0 Å². The zero-order valence-electron chi connectivity index (χ0n) is 25.5. The monoisotopic (exact) mass is 626 g/mol. The molecule has 1 aliphatic carbocycles. The van der Waals surface area contributed by atoms with Gasteiger partial charge >= 0.3 is 18.2 Å². The molecule has 244 valence electrons. The van der Waals surface area contributed by atoms with Crippen molar-refractivity contribution in [1.29, 1.82) is 0 Å². The molecule has 0 radical (unpaired) electrons. The smallest absolute Gasteiger partial charge is 0.449 e. The molecule has 2 saturated heterocycles. The summed E-state index contributed by atoms with van der Waals surface area (Å²) in [5.74, 6) is -2.90. The lowest BCUT2D eigenvalue weighted by atomic mass is 9.82. The Morgan fingerprint density at radius 2 is 1.84 bits per heavy atom. The number of carbonyl (C=O) groups is 3. The van der Waals surface area contributed by atoms with Crippen LogP contribution in [0, 0.1) is 0 Å². The fraction of sp³-hybridized carbons (Fsp3) is 0.645. The minimum Gasteiger partial charge on any atom is -0.463 e. The number of hydrogen-bond acceptors (Lipinski definition) is 8. The maximum Gasteiger partial charge on any atom is 0.449 e. The zero-order chi connectivity index (χ0) is 32.1. The van der Waals surface area contributed by atoms with Crippen LogP contribution >= 0.6 is 0 Å². The second kappa shape index (κ2) is 13.8. The number of hydrogen-bond donors (Lipinski definition) is 1. The van der Waals surface area contributed by atoms with Gasteiger partial charge in [-0.1, -0.05) is 18.2 Å². The standard InChI is InChI=1S/C31H41F3N2O8/c1-5-41-27(38)16-25(31(32,33)34)43-23-9-7-6-8-22(23)20-10-12-21(13-11-20)42-17-24-30(19-40-18-26(37)35-30)14-15-36(24)28(39)44-29(2,3)4/h6-9,16,20-21,24H,5,10-15,17-19H2,1-4H3,(H,35,37)/b25-16+/t20?,21?,24-,30+/m0/s1. The van der Waals surface area contributed by atoms with Crippen molar-refractivity contribution in [2.24, 2.45) is 0 Å². The summed E-state index contributed by atoms with van der Waals surface area (Å²) in [5.41, 5.74) is -0.872. The first kappa shape index (κ1) is 33.6. The molecule has 3 aliphatic rings. The van der Waals surface area contributed by atoms with Crippen molar-refractivity contribution < 1.29 is 51.2 Å². The molecule has 13 heteroatoms. The largest absolute Gasteiger partial charge is 0.463 e. The number of rotatable bonds is 8. The summed E-state index contributed by atoms with van der Waals surface area (Å²) in [6.07, 6.45) is -2.22. The molecule has 44 heavy (non-hydrogen) atoms. The molecular weight excluding hydrogens is 585 g/mol. The lowest BCUT2D eigenvalue weighted by molar-refractivity contribution is -0.140. The van der Waals surface area contributed by atoms with Gasteiger partial charge < -0.3 is 33.9 Å². The van der Waals surface area contributed by atoms with Crippen molar-refractivity contribution in [3.63, 3.8) is 0 Å². The molecular formula is C31H41F3N2O8. The average molecular weight is 627 g/mol. The molecule has 1 spiro atoms. The minimum absolute atomic E-state index is 0.0266. The molecule has 2 heterocycles. The maximum absolute atomic E-state index is 13.7. The number of alkyl halides is 3. The van der Waals surface area contributed by atoms with Crippen LogP contribution in [0.4, 0.5) is 18.0 Å². The summed E-state index contributed by atoms with van der Waals surface area (Å²) in [4.78, 5) is 38.7. The Morgan fingerprint density at radius 3 is 2.48 bits per heavy atom. The van der Waals surface area contributed by atoms with Crippen LogP contribution in [-0.2, 0) is 28.5 Å². The van der Waals surface area contributed by atoms with E-state index in [9.17, 15) is 27.6 Å². The summed E-state index contributed by atoms with van der Waals surface area (Å²) >= 11 is 0. The highest BCUT2D eigenvalue weighted by molar-refractivity contribution is 5.82. The van der Waals surface area contributed by atoms with Gasteiger partial charge in [0.15, 0.2) is 0 Å². The van der Waals surface area contributed by atoms with Crippen molar-refractivity contribution in [2.45, 2.75) is 95.2 Å². The van der Waals surface area contributed by atoms with Crippen LogP contribution < -0.4 is 10.1 Å². The van der Waals surface area contributed by atoms with Gasteiger partial charge in [0.2, 0.25) is 11.7 Å². The third-order valence-electron chi connectivity index (χ3n) is 7.98. The molecule has 1 saturated carbocycles. The van der Waals surface area contributed by atoms with E-state index in [4.69, 9.17) is 18.9 Å². The number of morpholine rings is 1. The molecule has 2 atom stereocenters. The highest BCUT2D eigenvalue weighted by atomic mass is 19.4. The molecule has 1 N–H and O–H groups in total. The van der Waals surface area contributed by atoms with E-state index in [1.54, 1.807) is 43.9 Å². The van der Waals surface area contributed by atoms with Gasteiger partial charge in [0.1, 0.15) is 18.0 Å². The van der Waals surface area contributed by atoms with Crippen LogP contribution in [-0.4, -0.2) is 85.3 Å². The number of carbonyl (C=O) groups excluding carboxylic acids is 3. The van der Waals surface area contributed by atoms with Crippen LogP contribution in [0.2, 0.25) is 0 Å². The van der Waals surface area contributed by atoms with Gasteiger partial charge in [0, 0.05) is 6.54 Å². The van der Waals surface area contributed by atoms with E-state index in [-0.39, 0.29) is 50.1 Å². The molecule has 1 aromatic rings. The van der Waals surface area contributed by atoms with Crippen molar-refractivity contribution in [1.82, 2.24) is 10.2 Å². The predicted octanol–water partition coefficient (Wildman–Crippen LogP) is 5.01. The van der Waals surface area contributed by atoms with Gasteiger partial charge in [0.25, 0.3) is 0 Å². The summed E-state index contributed by atoms with van der Waals surface area (Å²) in [5, 5.41) is 3.04. The summed E-state index contributed by atoms with van der Waals surface area (Å²) in [6, 6.07) is 5.99. The molecule has 2 amide bonds. The number of ether oxygens (including phenoxy) is 5. The van der Waals surface area contributed by atoms with Gasteiger partial charge in [0.05, 0.1) is 43.6 Å². The number of allylic oxidation sites excluding steroid dienone is 1. The molecule has 0 aromatic heterocycles. The maximum atomic E-state index is 13.7. The Hall–Kier alpha value is -3.32. The normalized spacial score (nSPS) is 26.3. The van der Waals surface area contributed by atoms with Gasteiger partial charge in [-0.3, -0.25) is 4.79 Å². The second-order valence-corrected chi connectivity index (χ2v) is 12.3. The van der Waals surface area contributed by atoms with E-state index < -0.39 is 41.2 Å². The van der Waals surface area contributed by atoms with Crippen LogP contribution in [0.1, 0.15) is 71.3 Å². The number of amides is 2. The number of nitrogens with one attached hydrogen (secondary N) is 1. The number of halogens is 3. The lowest BCUT2D eigenvalue weighted by Crippen LogP contribution is -2.65. The number of esters is 1. The Bertz CT molecular complexity index is 1220. The average Bonchev–Trinajstić information content (AvgIpc) is 3.27. The van der Waals surface area contributed by atoms with E-state index in [0.29, 0.717) is 50.3 Å². The van der Waals surface area contributed by atoms with E-state index in [0.717, 1.165) is 0 Å². The fourth-order valence-corrected chi connectivity index (χ4v) is 5.98. The van der Waals surface area contributed by atoms with E-state index in [1.807, 2.05) is 0 Å². The van der Waals surface area contributed by atoms with E-state index in [1.165, 1.54) is 13.0 Å². The van der Waals surface area contributed by atoms with Crippen LogP contribution in [0.15, 0.2) is 36.1 Å². The van der Waals surface area contributed by atoms with Crippen molar-refractivity contribution in [2.75, 3.05) is 33.0 Å².